The third kappa shape index (κ3) is 4.53. The van der Waals surface area contributed by atoms with Crippen LogP contribution in [0.2, 0.25) is 5.02 Å². The fourth-order valence-corrected chi connectivity index (χ4v) is 2.92. The van der Waals surface area contributed by atoms with Crippen LogP contribution in [0, 0.1) is 6.92 Å². The summed E-state index contributed by atoms with van der Waals surface area (Å²) in [6.45, 7) is 2.59. The molecule has 0 spiro atoms. The quantitative estimate of drug-likeness (QED) is 0.622. The topological polar surface area (TPSA) is 51.1 Å². The van der Waals surface area contributed by atoms with Gasteiger partial charge in [0.15, 0.2) is 10.9 Å². The summed E-state index contributed by atoms with van der Waals surface area (Å²) in [6.07, 6.45) is 0. The predicted molar refractivity (Wildman–Crippen MR) is 110 cm³/mol. The Morgan fingerprint density at radius 3 is 2.73 bits per heavy atom. The smallest absolute Gasteiger partial charge is 0.176 e. The van der Waals surface area contributed by atoms with Crippen molar-refractivity contribution < 1.29 is 4.74 Å². The zero-order valence-electron chi connectivity index (χ0n) is 14.5. The van der Waals surface area contributed by atoms with Gasteiger partial charge in [0.25, 0.3) is 0 Å². The molecule has 0 radical (unpaired) electrons. The Morgan fingerprint density at radius 1 is 1.15 bits per heavy atom. The summed E-state index contributed by atoms with van der Waals surface area (Å²) in [4.78, 5) is 0. The predicted octanol–water partition coefficient (Wildman–Crippen LogP) is 4.71. The number of anilines is 2. The number of rotatable bonds is 5. The summed E-state index contributed by atoms with van der Waals surface area (Å²) in [7, 11) is 1.63. The molecule has 0 aliphatic rings. The first-order valence-corrected chi connectivity index (χ1v) is 8.83. The molecule has 0 saturated heterocycles. The zero-order chi connectivity index (χ0) is 18.5. The zero-order valence-corrected chi connectivity index (χ0v) is 16.1. The van der Waals surface area contributed by atoms with Crippen molar-refractivity contribution in [2.24, 2.45) is 0 Å². The van der Waals surface area contributed by atoms with Gasteiger partial charge in [0, 0.05) is 28.5 Å². The van der Waals surface area contributed by atoms with Crippen LogP contribution in [0.5, 0.6) is 5.75 Å². The minimum absolute atomic E-state index is 0.459. The summed E-state index contributed by atoms with van der Waals surface area (Å²) < 4.78 is 7.10. The van der Waals surface area contributed by atoms with Crippen LogP contribution in [-0.2, 0) is 6.54 Å². The van der Waals surface area contributed by atoms with Crippen LogP contribution in [0.3, 0.4) is 0 Å². The van der Waals surface area contributed by atoms with Crippen molar-refractivity contribution in [3.63, 3.8) is 0 Å². The maximum Gasteiger partial charge on any atom is 0.176 e. The maximum absolute atomic E-state index is 6.23. The Hall–Kier alpha value is -2.57. The van der Waals surface area contributed by atoms with E-state index in [9.17, 15) is 0 Å². The Morgan fingerprint density at radius 2 is 1.96 bits per heavy atom. The largest absolute Gasteiger partial charge is 0.497 e. The molecular formula is C19H19ClN4OS. The summed E-state index contributed by atoms with van der Waals surface area (Å²) in [5, 5.41) is 12.0. The molecule has 0 atom stereocenters. The Bertz CT molecular complexity index is 925. The lowest BCUT2D eigenvalue weighted by molar-refractivity contribution is 0.415. The molecule has 2 N–H and O–H groups in total. The molecule has 1 heterocycles. The van der Waals surface area contributed by atoms with Crippen molar-refractivity contribution >= 4 is 40.4 Å². The number of aryl methyl sites for hydroxylation is 1. The van der Waals surface area contributed by atoms with E-state index in [1.165, 1.54) is 0 Å². The lowest BCUT2D eigenvalue weighted by atomic mass is 10.2. The van der Waals surface area contributed by atoms with Crippen molar-refractivity contribution in [3.05, 3.63) is 70.9 Å². The number of hydrogen-bond acceptors (Lipinski definition) is 3. The molecule has 0 bridgehead atoms. The highest BCUT2D eigenvalue weighted by Crippen LogP contribution is 2.19. The second-order valence-electron chi connectivity index (χ2n) is 5.73. The first kappa shape index (κ1) is 18.2. The van der Waals surface area contributed by atoms with E-state index in [1.807, 2.05) is 66.2 Å². The van der Waals surface area contributed by atoms with Crippen LogP contribution in [0.4, 0.5) is 11.5 Å². The standard InChI is InChI=1S/C19H19ClN4OS/c1-13-10-18(23-24(13)12-14-6-3-4-9-17(14)20)22-19(26)21-15-7-5-8-16(11-15)25-2/h3-11H,12H2,1-2H3,(H2,21,22,23,26). The fraction of sp³-hybridized carbons (Fsp3) is 0.158. The molecular weight excluding hydrogens is 368 g/mol. The number of aromatic nitrogens is 2. The van der Waals surface area contributed by atoms with Crippen LogP contribution < -0.4 is 15.4 Å². The molecule has 3 aromatic rings. The molecule has 0 aliphatic carbocycles. The highest BCUT2D eigenvalue weighted by Gasteiger charge is 2.08. The van der Waals surface area contributed by atoms with Gasteiger partial charge in [0.1, 0.15) is 5.75 Å². The van der Waals surface area contributed by atoms with Crippen molar-refractivity contribution in [1.82, 2.24) is 9.78 Å². The van der Waals surface area contributed by atoms with E-state index in [0.717, 1.165) is 27.7 Å². The number of thiocarbonyl (C=S) groups is 1. The number of ether oxygens (including phenoxy) is 1. The van der Waals surface area contributed by atoms with Crippen LogP contribution in [-0.4, -0.2) is 22.0 Å². The van der Waals surface area contributed by atoms with Crippen LogP contribution in [0.25, 0.3) is 0 Å². The van der Waals surface area contributed by atoms with Crippen LogP contribution in [0.1, 0.15) is 11.3 Å². The lowest BCUT2D eigenvalue weighted by Gasteiger charge is -2.10. The maximum atomic E-state index is 6.23. The summed E-state index contributed by atoms with van der Waals surface area (Å²) in [5.74, 6) is 1.44. The molecule has 0 amide bonds. The van der Waals surface area contributed by atoms with E-state index >= 15 is 0 Å². The highest BCUT2D eigenvalue weighted by atomic mass is 35.5. The molecule has 26 heavy (non-hydrogen) atoms. The van der Waals surface area contributed by atoms with Gasteiger partial charge in [-0.1, -0.05) is 35.9 Å². The molecule has 3 rings (SSSR count). The Kier molecular flexibility index (Phi) is 5.75. The van der Waals surface area contributed by atoms with Gasteiger partial charge in [0.05, 0.1) is 13.7 Å². The minimum Gasteiger partial charge on any atom is -0.497 e. The van der Waals surface area contributed by atoms with Gasteiger partial charge in [-0.2, -0.15) is 5.10 Å². The van der Waals surface area contributed by atoms with Gasteiger partial charge in [-0.15, -0.1) is 0 Å². The van der Waals surface area contributed by atoms with Gasteiger partial charge >= 0.3 is 0 Å². The monoisotopic (exact) mass is 386 g/mol. The first-order valence-electron chi connectivity index (χ1n) is 8.05. The SMILES string of the molecule is COc1cccc(NC(=S)Nc2cc(C)n(Cc3ccccc3Cl)n2)c1. The number of nitrogens with one attached hydrogen (secondary N) is 2. The van der Waals surface area contributed by atoms with E-state index in [4.69, 9.17) is 28.6 Å². The minimum atomic E-state index is 0.459. The van der Waals surface area contributed by atoms with E-state index < -0.39 is 0 Å². The molecule has 7 heteroatoms. The van der Waals surface area contributed by atoms with Gasteiger partial charge in [-0.05, 0) is 42.9 Å². The van der Waals surface area contributed by atoms with Crippen molar-refractivity contribution in [2.45, 2.75) is 13.5 Å². The molecule has 134 valence electrons. The molecule has 0 aliphatic heterocycles. The van der Waals surface area contributed by atoms with Gasteiger partial charge < -0.3 is 15.4 Å². The first-order chi connectivity index (χ1) is 12.5. The van der Waals surface area contributed by atoms with Gasteiger partial charge in [0.2, 0.25) is 0 Å². The van der Waals surface area contributed by atoms with Crippen LogP contribution >= 0.6 is 23.8 Å². The van der Waals surface area contributed by atoms with E-state index in [1.54, 1.807) is 7.11 Å². The lowest BCUT2D eigenvalue weighted by Crippen LogP contribution is -2.19. The van der Waals surface area contributed by atoms with Crippen molar-refractivity contribution in [1.29, 1.82) is 0 Å². The summed E-state index contributed by atoms with van der Waals surface area (Å²) >= 11 is 11.6. The second-order valence-corrected chi connectivity index (χ2v) is 6.55. The molecule has 1 aromatic heterocycles. The fourth-order valence-electron chi connectivity index (χ4n) is 2.50. The number of benzene rings is 2. The second kappa shape index (κ2) is 8.21. The third-order valence-corrected chi connectivity index (χ3v) is 4.40. The van der Waals surface area contributed by atoms with Crippen LogP contribution in [0.15, 0.2) is 54.6 Å². The van der Waals surface area contributed by atoms with Gasteiger partial charge in [-0.3, -0.25) is 4.68 Å². The average molecular weight is 387 g/mol. The van der Waals surface area contributed by atoms with E-state index in [0.29, 0.717) is 17.5 Å². The molecule has 0 unspecified atom stereocenters. The summed E-state index contributed by atoms with van der Waals surface area (Å²) in [6, 6.07) is 17.2. The number of nitrogens with zero attached hydrogens (tertiary/aromatic N) is 2. The number of hydrogen-bond donors (Lipinski definition) is 2. The molecule has 0 fully saturated rings. The highest BCUT2D eigenvalue weighted by molar-refractivity contribution is 7.80. The number of methoxy groups -OCH3 is 1. The Labute approximate surface area is 162 Å². The summed E-state index contributed by atoms with van der Waals surface area (Å²) in [5.41, 5.74) is 2.87. The molecule has 2 aromatic carbocycles. The molecule has 0 saturated carbocycles. The van der Waals surface area contributed by atoms with Gasteiger partial charge in [-0.25, -0.2) is 0 Å². The number of halogens is 1. The van der Waals surface area contributed by atoms with Crippen molar-refractivity contribution in [3.8, 4) is 5.75 Å². The van der Waals surface area contributed by atoms with Crippen molar-refractivity contribution in [2.75, 3.05) is 17.7 Å². The Balaban J connectivity index is 1.67. The van der Waals surface area contributed by atoms with E-state index in [2.05, 4.69) is 15.7 Å². The van der Waals surface area contributed by atoms with E-state index in [-0.39, 0.29) is 0 Å². The molecule has 5 nitrogen and oxygen atoms in total. The third-order valence-electron chi connectivity index (χ3n) is 3.83. The normalized spacial score (nSPS) is 10.4. The average Bonchev–Trinajstić information content (AvgIpc) is 2.96.